The molecule has 2 aromatic rings. The standard InChI is InChI=1S/C21H28N4O3S2/c1-12-7-8-14-15(9-12)30-19(18(14)20(27)28-2)23-17(26)11-29-21-22-16(24-25-21)10-13-5-3-4-6-13/h12-13H,3-11H2,1-2H3,(H,23,26)(H,22,24,25). The Morgan fingerprint density at radius 1 is 1.30 bits per heavy atom. The summed E-state index contributed by atoms with van der Waals surface area (Å²) in [6.07, 6.45) is 8.90. The second kappa shape index (κ2) is 9.51. The van der Waals surface area contributed by atoms with E-state index in [2.05, 4.69) is 27.4 Å². The van der Waals surface area contributed by atoms with Gasteiger partial charge in [0.15, 0.2) is 0 Å². The van der Waals surface area contributed by atoms with Gasteiger partial charge in [-0.2, -0.15) is 0 Å². The number of nitrogens with one attached hydrogen (secondary N) is 2. The van der Waals surface area contributed by atoms with Crippen LogP contribution in [0, 0.1) is 11.8 Å². The maximum absolute atomic E-state index is 12.6. The molecule has 2 aliphatic rings. The first-order valence-corrected chi connectivity index (χ1v) is 12.4. The van der Waals surface area contributed by atoms with Gasteiger partial charge in [-0.1, -0.05) is 44.4 Å². The van der Waals surface area contributed by atoms with Gasteiger partial charge in [0, 0.05) is 11.3 Å². The number of esters is 1. The number of aromatic amines is 1. The zero-order valence-electron chi connectivity index (χ0n) is 17.5. The van der Waals surface area contributed by atoms with Gasteiger partial charge in [-0.25, -0.2) is 9.78 Å². The number of H-pyrrole nitrogens is 1. The summed E-state index contributed by atoms with van der Waals surface area (Å²) in [6.45, 7) is 2.22. The number of carbonyl (C=O) groups excluding carboxylic acids is 2. The molecule has 4 rings (SSSR count). The molecule has 1 saturated carbocycles. The average Bonchev–Trinajstić information content (AvgIpc) is 3.46. The maximum atomic E-state index is 12.6. The highest BCUT2D eigenvalue weighted by molar-refractivity contribution is 7.99. The van der Waals surface area contributed by atoms with E-state index in [4.69, 9.17) is 4.74 Å². The number of carbonyl (C=O) groups is 2. The summed E-state index contributed by atoms with van der Waals surface area (Å²) < 4.78 is 4.98. The van der Waals surface area contributed by atoms with Crippen molar-refractivity contribution in [3.05, 3.63) is 21.8 Å². The zero-order chi connectivity index (χ0) is 21.1. The number of rotatable bonds is 7. The Balaban J connectivity index is 1.37. The second-order valence-corrected chi connectivity index (χ2v) is 10.4. The average molecular weight is 449 g/mol. The summed E-state index contributed by atoms with van der Waals surface area (Å²) in [4.78, 5) is 30.6. The molecule has 2 aromatic heterocycles. The Morgan fingerprint density at radius 3 is 2.87 bits per heavy atom. The van der Waals surface area contributed by atoms with Crippen LogP contribution in [0.15, 0.2) is 5.16 Å². The van der Waals surface area contributed by atoms with E-state index in [0.717, 1.165) is 37.1 Å². The van der Waals surface area contributed by atoms with Crippen LogP contribution in [0.5, 0.6) is 0 Å². The third-order valence-electron chi connectivity index (χ3n) is 5.95. The highest BCUT2D eigenvalue weighted by Crippen LogP contribution is 2.40. The van der Waals surface area contributed by atoms with Crippen molar-refractivity contribution in [3.63, 3.8) is 0 Å². The van der Waals surface area contributed by atoms with Crippen molar-refractivity contribution in [2.75, 3.05) is 18.2 Å². The lowest BCUT2D eigenvalue weighted by atomic mass is 9.88. The smallest absolute Gasteiger partial charge is 0.341 e. The molecular weight excluding hydrogens is 420 g/mol. The number of thiophene rings is 1. The van der Waals surface area contributed by atoms with E-state index in [1.807, 2.05) is 0 Å². The highest BCUT2D eigenvalue weighted by atomic mass is 32.2. The monoisotopic (exact) mass is 448 g/mol. The predicted octanol–water partition coefficient (Wildman–Crippen LogP) is 4.24. The number of anilines is 1. The van der Waals surface area contributed by atoms with Gasteiger partial charge in [-0.3, -0.25) is 9.89 Å². The third kappa shape index (κ3) is 4.88. The molecule has 7 nitrogen and oxygen atoms in total. The van der Waals surface area contributed by atoms with Crippen LogP contribution in [0.3, 0.4) is 0 Å². The molecule has 2 N–H and O–H groups in total. The van der Waals surface area contributed by atoms with Gasteiger partial charge in [0.05, 0.1) is 18.4 Å². The Hall–Kier alpha value is -1.87. The molecule has 1 unspecified atom stereocenters. The lowest BCUT2D eigenvalue weighted by molar-refractivity contribution is -0.113. The zero-order valence-corrected chi connectivity index (χ0v) is 19.1. The number of hydrogen-bond donors (Lipinski definition) is 2. The van der Waals surface area contributed by atoms with Gasteiger partial charge in [0.1, 0.15) is 10.8 Å². The number of ether oxygens (including phenoxy) is 1. The number of fused-ring (bicyclic) bond motifs is 1. The van der Waals surface area contributed by atoms with Crippen molar-refractivity contribution in [1.82, 2.24) is 15.2 Å². The van der Waals surface area contributed by atoms with E-state index < -0.39 is 0 Å². The fourth-order valence-electron chi connectivity index (χ4n) is 4.37. The first-order valence-electron chi connectivity index (χ1n) is 10.6. The predicted molar refractivity (Wildman–Crippen MR) is 118 cm³/mol. The van der Waals surface area contributed by atoms with Gasteiger partial charge < -0.3 is 10.1 Å². The van der Waals surface area contributed by atoms with Crippen molar-refractivity contribution in [1.29, 1.82) is 0 Å². The van der Waals surface area contributed by atoms with E-state index >= 15 is 0 Å². The summed E-state index contributed by atoms with van der Waals surface area (Å²) >= 11 is 2.81. The first-order chi connectivity index (χ1) is 14.5. The normalized spacial score (nSPS) is 18.9. The number of aromatic nitrogens is 3. The molecule has 0 bridgehead atoms. The van der Waals surface area contributed by atoms with E-state index in [-0.39, 0.29) is 17.6 Å². The number of hydrogen-bond acceptors (Lipinski definition) is 7. The minimum atomic E-state index is -0.379. The molecule has 2 heterocycles. The van der Waals surface area contributed by atoms with Crippen molar-refractivity contribution < 1.29 is 14.3 Å². The lowest BCUT2D eigenvalue weighted by Crippen LogP contribution is -2.17. The molecule has 1 amide bonds. The summed E-state index contributed by atoms with van der Waals surface area (Å²) in [5.41, 5.74) is 1.57. The topological polar surface area (TPSA) is 97.0 Å². The molecule has 1 atom stereocenters. The molecule has 9 heteroatoms. The molecule has 2 aliphatic carbocycles. The summed E-state index contributed by atoms with van der Waals surface area (Å²) in [7, 11) is 1.38. The molecule has 0 aliphatic heterocycles. The molecule has 1 fully saturated rings. The van der Waals surface area contributed by atoms with Crippen molar-refractivity contribution in [2.45, 2.75) is 63.4 Å². The summed E-state index contributed by atoms with van der Waals surface area (Å²) in [5, 5.41) is 11.3. The van der Waals surface area contributed by atoms with E-state index in [1.165, 1.54) is 60.8 Å². The van der Waals surface area contributed by atoms with Crippen LogP contribution < -0.4 is 5.32 Å². The fourth-order valence-corrected chi connectivity index (χ4v) is 6.40. The van der Waals surface area contributed by atoms with Crippen LogP contribution in [-0.2, 0) is 28.8 Å². The fraction of sp³-hybridized carbons (Fsp3) is 0.619. The Kier molecular flexibility index (Phi) is 6.77. The molecular formula is C21H28N4O3S2. The van der Waals surface area contributed by atoms with E-state index in [1.54, 1.807) is 0 Å². The molecule has 30 heavy (non-hydrogen) atoms. The first kappa shape index (κ1) is 21.4. The summed E-state index contributed by atoms with van der Waals surface area (Å²) in [6, 6.07) is 0. The minimum absolute atomic E-state index is 0.168. The Morgan fingerprint density at radius 2 is 2.10 bits per heavy atom. The Labute approximate surface area is 184 Å². The van der Waals surface area contributed by atoms with Crippen molar-refractivity contribution in [3.8, 4) is 0 Å². The van der Waals surface area contributed by atoms with E-state index in [0.29, 0.717) is 27.6 Å². The maximum Gasteiger partial charge on any atom is 0.341 e. The van der Waals surface area contributed by atoms with Gasteiger partial charge in [-0.15, -0.1) is 16.4 Å². The van der Waals surface area contributed by atoms with Gasteiger partial charge in [0.25, 0.3) is 0 Å². The molecule has 0 spiro atoms. The Bertz CT molecular complexity index is 917. The SMILES string of the molecule is COC(=O)c1c(NC(=O)CSc2n[nH]c(CC3CCCC3)n2)sc2c1CCC(C)C2. The van der Waals surface area contributed by atoms with Crippen molar-refractivity contribution >= 4 is 40.0 Å². The van der Waals surface area contributed by atoms with Gasteiger partial charge >= 0.3 is 5.97 Å². The van der Waals surface area contributed by atoms with Gasteiger partial charge in [0.2, 0.25) is 11.1 Å². The minimum Gasteiger partial charge on any atom is -0.465 e. The number of amides is 1. The summed E-state index contributed by atoms with van der Waals surface area (Å²) in [5.74, 6) is 1.83. The van der Waals surface area contributed by atoms with Gasteiger partial charge in [-0.05, 0) is 36.7 Å². The molecule has 0 aromatic carbocycles. The quantitative estimate of drug-likeness (QED) is 0.486. The molecule has 0 radical (unpaired) electrons. The third-order valence-corrected chi connectivity index (χ3v) is 7.97. The molecule has 0 saturated heterocycles. The lowest BCUT2D eigenvalue weighted by Gasteiger charge is -2.18. The van der Waals surface area contributed by atoms with Crippen LogP contribution in [0.2, 0.25) is 0 Å². The number of thioether (sulfide) groups is 1. The van der Waals surface area contributed by atoms with Crippen molar-refractivity contribution in [2.24, 2.45) is 11.8 Å². The highest BCUT2D eigenvalue weighted by Gasteiger charge is 2.29. The van der Waals surface area contributed by atoms with Crippen LogP contribution in [0.1, 0.15) is 65.7 Å². The van der Waals surface area contributed by atoms with E-state index in [9.17, 15) is 9.59 Å². The van der Waals surface area contributed by atoms with Crippen LogP contribution in [-0.4, -0.2) is 39.9 Å². The van der Waals surface area contributed by atoms with Crippen LogP contribution in [0.25, 0.3) is 0 Å². The largest absolute Gasteiger partial charge is 0.465 e. The van der Waals surface area contributed by atoms with Crippen LogP contribution in [0.4, 0.5) is 5.00 Å². The molecule has 162 valence electrons. The number of nitrogens with zero attached hydrogens (tertiary/aromatic N) is 2. The van der Waals surface area contributed by atoms with Crippen LogP contribution >= 0.6 is 23.1 Å². The number of methoxy groups -OCH3 is 1. The second-order valence-electron chi connectivity index (χ2n) is 8.30.